The largest absolute Gasteiger partial charge is 0.496 e. The Bertz CT molecular complexity index is 615. The summed E-state index contributed by atoms with van der Waals surface area (Å²) < 4.78 is 19.2. The van der Waals surface area contributed by atoms with Gasteiger partial charge in [0, 0.05) is 12.5 Å². The van der Waals surface area contributed by atoms with Crippen LogP contribution < -0.4 is 10.5 Å². The van der Waals surface area contributed by atoms with Crippen molar-refractivity contribution < 1.29 is 14.2 Å². The molecule has 0 aliphatic heterocycles. The molecule has 4 heteroatoms. The molecule has 2 aromatic rings. The van der Waals surface area contributed by atoms with Crippen LogP contribution in [-0.4, -0.2) is 18.8 Å². The van der Waals surface area contributed by atoms with Gasteiger partial charge in [-0.2, -0.15) is 0 Å². The van der Waals surface area contributed by atoms with Crippen molar-refractivity contribution in [2.24, 2.45) is 5.73 Å². The molecule has 0 spiro atoms. The van der Waals surface area contributed by atoms with E-state index in [1.54, 1.807) is 31.4 Å². The maximum Gasteiger partial charge on any atom is 0.126 e. The minimum Gasteiger partial charge on any atom is -0.496 e. The normalized spacial score (nSPS) is 13.8. The molecule has 2 aromatic carbocycles. The Kier molecular flexibility index (Phi) is 4.94. The van der Waals surface area contributed by atoms with E-state index in [9.17, 15) is 9.50 Å². The molecule has 0 bridgehead atoms. The van der Waals surface area contributed by atoms with E-state index >= 15 is 0 Å². The molecule has 0 saturated heterocycles. The van der Waals surface area contributed by atoms with E-state index in [1.807, 2.05) is 19.1 Å². The second-order valence-corrected chi connectivity index (χ2v) is 5.04. The zero-order chi connectivity index (χ0) is 15.4. The average Bonchev–Trinajstić information content (AvgIpc) is 2.50. The predicted octanol–water partition coefficient (Wildman–Crippen LogP) is 2.92. The Labute approximate surface area is 124 Å². The third-order valence-electron chi connectivity index (χ3n) is 3.71. The van der Waals surface area contributed by atoms with Crippen LogP contribution in [0.2, 0.25) is 0 Å². The van der Waals surface area contributed by atoms with E-state index in [-0.39, 0.29) is 12.4 Å². The molecule has 0 aliphatic rings. The maximum atomic E-state index is 13.9. The van der Waals surface area contributed by atoms with Crippen molar-refractivity contribution in [2.75, 3.05) is 13.7 Å². The van der Waals surface area contributed by atoms with Gasteiger partial charge in [0.15, 0.2) is 0 Å². The van der Waals surface area contributed by atoms with E-state index < -0.39 is 12.0 Å². The summed E-state index contributed by atoms with van der Waals surface area (Å²) in [6.07, 6.45) is -0.888. The van der Waals surface area contributed by atoms with Crippen molar-refractivity contribution >= 4 is 0 Å². The third kappa shape index (κ3) is 3.23. The fourth-order valence-electron chi connectivity index (χ4n) is 2.45. The smallest absolute Gasteiger partial charge is 0.126 e. The van der Waals surface area contributed by atoms with Crippen molar-refractivity contribution in [1.29, 1.82) is 0 Å². The van der Waals surface area contributed by atoms with Crippen LogP contribution in [0.5, 0.6) is 5.75 Å². The zero-order valence-corrected chi connectivity index (χ0v) is 12.2. The first-order valence-corrected chi connectivity index (χ1v) is 6.85. The van der Waals surface area contributed by atoms with E-state index in [4.69, 9.17) is 10.5 Å². The van der Waals surface area contributed by atoms with Gasteiger partial charge >= 0.3 is 0 Å². The Morgan fingerprint density at radius 3 is 2.57 bits per heavy atom. The van der Waals surface area contributed by atoms with Crippen molar-refractivity contribution in [1.82, 2.24) is 0 Å². The number of aliphatic hydroxyl groups excluding tert-OH is 1. The number of halogens is 1. The van der Waals surface area contributed by atoms with E-state index in [0.717, 1.165) is 5.56 Å². The molecule has 0 aromatic heterocycles. The lowest BCUT2D eigenvalue weighted by Gasteiger charge is -2.23. The lowest BCUT2D eigenvalue weighted by molar-refractivity contribution is 0.145. The highest BCUT2D eigenvalue weighted by Crippen LogP contribution is 2.33. The average molecular weight is 289 g/mol. The van der Waals surface area contributed by atoms with Gasteiger partial charge in [-0.3, -0.25) is 0 Å². The van der Waals surface area contributed by atoms with Gasteiger partial charge in [-0.05, 0) is 35.7 Å². The molecule has 0 amide bonds. The minimum absolute atomic E-state index is 0.151. The molecule has 3 nitrogen and oxygen atoms in total. The van der Waals surface area contributed by atoms with E-state index in [2.05, 4.69) is 0 Å². The number of aliphatic hydroxyl groups is 1. The first-order chi connectivity index (χ1) is 10.1. The molecule has 2 rings (SSSR count). The molecule has 0 radical (unpaired) electrons. The predicted molar refractivity (Wildman–Crippen MR) is 80.9 cm³/mol. The Balaban J connectivity index is 2.37. The SMILES string of the molecule is COc1cc(C(O)C(CN)c2ccccc2F)ccc1C. The van der Waals surface area contributed by atoms with Crippen LogP contribution in [0, 0.1) is 12.7 Å². The second kappa shape index (κ2) is 6.70. The highest BCUT2D eigenvalue weighted by atomic mass is 19.1. The molecule has 3 N–H and O–H groups in total. The lowest BCUT2D eigenvalue weighted by atomic mass is 9.88. The van der Waals surface area contributed by atoms with Crippen LogP contribution in [0.1, 0.15) is 28.7 Å². The monoisotopic (exact) mass is 289 g/mol. The molecular formula is C17H20FNO2. The quantitative estimate of drug-likeness (QED) is 0.890. The highest BCUT2D eigenvalue weighted by Gasteiger charge is 2.24. The lowest BCUT2D eigenvalue weighted by Crippen LogP contribution is -2.21. The van der Waals surface area contributed by atoms with Gasteiger partial charge in [0.2, 0.25) is 0 Å². The number of nitrogens with two attached hydrogens (primary N) is 1. The van der Waals surface area contributed by atoms with Crippen LogP contribution in [0.25, 0.3) is 0 Å². The molecular weight excluding hydrogens is 269 g/mol. The molecule has 0 saturated carbocycles. The Morgan fingerprint density at radius 1 is 1.24 bits per heavy atom. The Morgan fingerprint density at radius 2 is 1.95 bits per heavy atom. The van der Waals surface area contributed by atoms with Crippen molar-refractivity contribution in [3.8, 4) is 5.75 Å². The number of hydrogen-bond donors (Lipinski definition) is 2. The first kappa shape index (κ1) is 15.5. The molecule has 0 aliphatic carbocycles. The molecule has 0 heterocycles. The fourth-order valence-corrected chi connectivity index (χ4v) is 2.45. The van der Waals surface area contributed by atoms with Gasteiger partial charge in [-0.1, -0.05) is 30.3 Å². The minimum atomic E-state index is -0.888. The number of aryl methyl sites for hydroxylation is 1. The van der Waals surface area contributed by atoms with Crippen LogP contribution in [0.3, 0.4) is 0 Å². The van der Waals surface area contributed by atoms with Gasteiger partial charge in [-0.15, -0.1) is 0 Å². The molecule has 2 atom stereocenters. The molecule has 112 valence electrons. The molecule has 0 fully saturated rings. The molecule has 21 heavy (non-hydrogen) atoms. The summed E-state index contributed by atoms with van der Waals surface area (Å²) in [6.45, 7) is 2.07. The van der Waals surface area contributed by atoms with Crippen LogP contribution >= 0.6 is 0 Å². The van der Waals surface area contributed by atoms with Gasteiger partial charge in [0.1, 0.15) is 11.6 Å². The van der Waals surface area contributed by atoms with Gasteiger partial charge in [0.05, 0.1) is 13.2 Å². The number of rotatable bonds is 5. The first-order valence-electron chi connectivity index (χ1n) is 6.85. The van der Waals surface area contributed by atoms with Gasteiger partial charge in [-0.25, -0.2) is 4.39 Å². The fraction of sp³-hybridized carbons (Fsp3) is 0.294. The number of ether oxygens (including phenoxy) is 1. The number of methoxy groups -OCH3 is 1. The number of benzene rings is 2. The highest BCUT2D eigenvalue weighted by molar-refractivity contribution is 5.39. The maximum absolute atomic E-state index is 13.9. The van der Waals surface area contributed by atoms with Crippen LogP contribution in [0.4, 0.5) is 4.39 Å². The standard InChI is InChI=1S/C17H20FNO2/c1-11-7-8-12(9-16(11)21-2)17(20)14(10-19)13-5-3-4-6-15(13)18/h3-9,14,17,20H,10,19H2,1-2H3. The van der Waals surface area contributed by atoms with Gasteiger partial charge in [0.25, 0.3) is 0 Å². The van der Waals surface area contributed by atoms with E-state index in [1.165, 1.54) is 6.07 Å². The summed E-state index contributed by atoms with van der Waals surface area (Å²) in [5, 5.41) is 10.6. The molecule has 2 unspecified atom stereocenters. The summed E-state index contributed by atoms with van der Waals surface area (Å²) in [5.41, 5.74) is 7.82. The second-order valence-electron chi connectivity index (χ2n) is 5.04. The summed E-state index contributed by atoms with van der Waals surface area (Å²) >= 11 is 0. The summed E-state index contributed by atoms with van der Waals surface area (Å²) in [5.74, 6) is -0.166. The van der Waals surface area contributed by atoms with Crippen LogP contribution in [-0.2, 0) is 0 Å². The summed E-state index contributed by atoms with van der Waals surface area (Å²) in [4.78, 5) is 0. The van der Waals surface area contributed by atoms with E-state index in [0.29, 0.717) is 16.9 Å². The summed E-state index contributed by atoms with van der Waals surface area (Å²) in [7, 11) is 1.58. The third-order valence-corrected chi connectivity index (χ3v) is 3.71. The summed E-state index contributed by atoms with van der Waals surface area (Å²) in [6, 6.07) is 11.8. The van der Waals surface area contributed by atoms with Crippen molar-refractivity contribution in [3.05, 3.63) is 65.0 Å². The van der Waals surface area contributed by atoms with Crippen LogP contribution in [0.15, 0.2) is 42.5 Å². The van der Waals surface area contributed by atoms with Crippen molar-refractivity contribution in [2.45, 2.75) is 18.9 Å². The topological polar surface area (TPSA) is 55.5 Å². The van der Waals surface area contributed by atoms with Gasteiger partial charge < -0.3 is 15.6 Å². The zero-order valence-electron chi connectivity index (χ0n) is 12.2. The Hall–Kier alpha value is -1.91. The van der Waals surface area contributed by atoms with Crippen molar-refractivity contribution in [3.63, 3.8) is 0 Å². The number of hydrogen-bond acceptors (Lipinski definition) is 3.